The van der Waals surface area contributed by atoms with Gasteiger partial charge in [0.05, 0.1) is 22.7 Å². The first kappa shape index (κ1) is 23.3. The van der Waals surface area contributed by atoms with Crippen molar-refractivity contribution in [2.75, 3.05) is 16.5 Å². The van der Waals surface area contributed by atoms with Crippen LogP contribution in [0.3, 0.4) is 0 Å². The summed E-state index contributed by atoms with van der Waals surface area (Å²) in [7, 11) is 0. The molecule has 1 amide bonds. The molecule has 6 nitrogen and oxygen atoms in total. The Bertz CT molecular complexity index is 1550. The summed E-state index contributed by atoms with van der Waals surface area (Å²) in [5.74, 6) is -0.171. The molecule has 0 spiro atoms. The average molecular weight is 517 g/mol. The van der Waals surface area contributed by atoms with E-state index in [1.807, 2.05) is 54.0 Å². The number of hydrogen-bond donors (Lipinski definition) is 0. The number of para-hydroxylation sites is 2. The Morgan fingerprint density at radius 1 is 0.972 bits per heavy atom. The molecule has 36 heavy (non-hydrogen) atoms. The first-order chi connectivity index (χ1) is 17.6. The smallest absolute Gasteiger partial charge is 0.283 e. The number of hydrogen-bond acceptors (Lipinski definition) is 6. The zero-order valence-electron chi connectivity index (χ0n) is 20.4. The number of amides is 1. The third kappa shape index (κ3) is 3.74. The van der Waals surface area contributed by atoms with E-state index in [1.165, 1.54) is 22.8 Å². The predicted molar refractivity (Wildman–Crippen MR) is 149 cm³/mol. The van der Waals surface area contributed by atoms with E-state index in [9.17, 15) is 9.59 Å². The molecular formula is C28H28N4O2S2. The van der Waals surface area contributed by atoms with Gasteiger partial charge < -0.3 is 4.90 Å². The van der Waals surface area contributed by atoms with Crippen LogP contribution in [0.5, 0.6) is 0 Å². The molecule has 3 aromatic rings. The van der Waals surface area contributed by atoms with Gasteiger partial charge in [0.15, 0.2) is 0 Å². The Balaban J connectivity index is 1.60. The molecule has 3 aliphatic rings. The van der Waals surface area contributed by atoms with Crippen LogP contribution in [-0.2, 0) is 4.79 Å². The zero-order valence-corrected chi connectivity index (χ0v) is 22.1. The van der Waals surface area contributed by atoms with Crippen LogP contribution in [0.15, 0.2) is 69.4 Å². The monoisotopic (exact) mass is 516 g/mol. The SMILES string of the molecule is CCN1/C(=c2/s/c(=C3/C(=O)N(c4ccccc4)N=C3C)n(C3CCCCC3)c2=O)Sc2ccccc21. The van der Waals surface area contributed by atoms with E-state index in [2.05, 4.69) is 29.1 Å². The van der Waals surface area contributed by atoms with Gasteiger partial charge in [-0.2, -0.15) is 10.1 Å². The molecule has 184 valence electrons. The summed E-state index contributed by atoms with van der Waals surface area (Å²) in [5.41, 5.74) is 3.08. The Hall–Kier alpha value is -3.10. The molecule has 0 bridgehead atoms. The normalized spacial score (nSPS) is 21.3. The molecule has 0 N–H and O–H groups in total. The lowest BCUT2D eigenvalue weighted by atomic mass is 9.95. The molecule has 1 fully saturated rings. The van der Waals surface area contributed by atoms with Gasteiger partial charge in [0.2, 0.25) is 0 Å². The molecule has 1 saturated carbocycles. The summed E-state index contributed by atoms with van der Waals surface area (Å²) in [6.07, 6.45) is 5.33. The van der Waals surface area contributed by atoms with Crippen molar-refractivity contribution in [3.8, 4) is 0 Å². The van der Waals surface area contributed by atoms with Gasteiger partial charge in [-0.15, -0.1) is 11.3 Å². The van der Waals surface area contributed by atoms with Crippen LogP contribution >= 0.6 is 23.1 Å². The Kier molecular flexibility index (Phi) is 6.09. The highest BCUT2D eigenvalue weighted by molar-refractivity contribution is 8.08. The molecule has 1 aliphatic carbocycles. The highest BCUT2D eigenvalue weighted by atomic mass is 32.2. The van der Waals surface area contributed by atoms with Crippen LogP contribution in [0.4, 0.5) is 11.4 Å². The zero-order chi connectivity index (χ0) is 24.8. The average Bonchev–Trinajstić information content (AvgIpc) is 3.54. The van der Waals surface area contributed by atoms with Crippen molar-refractivity contribution in [3.63, 3.8) is 0 Å². The number of thiazole rings is 1. The molecule has 0 unspecified atom stereocenters. The van der Waals surface area contributed by atoms with Crippen LogP contribution in [0.1, 0.15) is 52.0 Å². The van der Waals surface area contributed by atoms with Gasteiger partial charge in [0, 0.05) is 17.5 Å². The molecular weight excluding hydrogens is 488 g/mol. The minimum atomic E-state index is -0.171. The minimum absolute atomic E-state index is 0.0157. The summed E-state index contributed by atoms with van der Waals surface area (Å²) in [6, 6.07) is 17.9. The largest absolute Gasteiger partial charge is 0.334 e. The summed E-state index contributed by atoms with van der Waals surface area (Å²) in [6.45, 7) is 4.75. The number of hydrazone groups is 1. The lowest BCUT2D eigenvalue weighted by Crippen LogP contribution is -2.39. The van der Waals surface area contributed by atoms with E-state index in [0.717, 1.165) is 58.2 Å². The van der Waals surface area contributed by atoms with Gasteiger partial charge in [0.25, 0.3) is 11.5 Å². The minimum Gasteiger partial charge on any atom is -0.334 e. The fraction of sp³-hybridized carbons (Fsp3) is 0.321. The summed E-state index contributed by atoms with van der Waals surface area (Å²) in [4.78, 5) is 31.3. The molecule has 1 aromatic heterocycles. The van der Waals surface area contributed by atoms with Gasteiger partial charge in [0.1, 0.15) is 14.2 Å². The number of thioether (sulfide) groups is 1. The van der Waals surface area contributed by atoms with Crippen LogP contribution < -0.4 is 24.7 Å². The van der Waals surface area contributed by atoms with Crippen LogP contribution in [-0.4, -0.2) is 22.7 Å². The van der Waals surface area contributed by atoms with Crippen molar-refractivity contribution >= 4 is 56.7 Å². The van der Waals surface area contributed by atoms with Gasteiger partial charge in [-0.1, -0.05) is 61.4 Å². The van der Waals surface area contributed by atoms with E-state index in [0.29, 0.717) is 15.8 Å². The van der Waals surface area contributed by atoms with Crippen molar-refractivity contribution in [1.82, 2.24) is 4.57 Å². The van der Waals surface area contributed by atoms with E-state index in [4.69, 9.17) is 0 Å². The fourth-order valence-electron chi connectivity index (χ4n) is 5.38. The highest BCUT2D eigenvalue weighted by Gasteiger charge is 2.33. The fourth-order valence-corrected chi connectivity index (χ4v) is 8.03. The number of carbonyl (C=O) groups is 1. The number of nitrogens with zero attached hydrogens (tertiary/aromatic N) is 4. The molecule has 2 aromatic carbocycles. The first-order valence-electron chi connectivity index (χ1n) is 12.6. The second kappa shape index (κ2) is 9.41. The maximum Gasteiger partial charge on any atom is 0.283 e. The van der Waals surface area contributed by atoms with Crippen LogP contribution in [0.25, 0.3) is 10.6 Å². The first-order valence-corrected chi connectivity index (χ1v) is 14.2. The van der Waals surface area contributed by atoms with E-state index >= 15 is 0 Å². The van der Waals surface area contributed by atoms with E-state index < -0.39 is 0 Å². The molecule has 3 heterocycles. The number of anilines is 2. The predicted octanol–water partition coefficient (Wildman–Crippen LogP) is 4.69. The highest BCUT2D eigenvalue weighted by Crippen LogP contribution is 2.45. The quantitative estimate of drug-likeness (QED) is 0.507. The molecule has 6 rings (SSSR count). The number of carbonyl (C=O) groups excluding carboxylic acids is 1. The third-order valence-corrected chi connectivity index (χ3v) is 9.60. The number of rotatable bonds is 3. The van der Waals surface area contributed by atoms with E-state index in [-0.39, 0.29) is 17.5 Å². The molecule has 0 atom stereocenters. The lowest BCUT2D eigenvalue weighted by Gasteiger charge is -2.23. The Morgan fingerprint density at radius 3 is 2.44 bits per heavy atom. The van der Waals surface area contributed by atoms with Crippen LogP contribution in [0.2, 0.25) is 0 Å². The Labute approximate surface area is 218 Å². The number of fused-ring (bicyclic) bond motifs is 1. The van der Waals surface area contributed by atoms with Gasteiger partial charge in [-0.05, 0) is 51.0 Å². The third-order valence-electron chi connectivity index (χ3n) is 7.12. The van der Waals surface area contributed by atoms with Gasteiger partial charge >= 0.3 is 0 Å². The van der Waals surface area contributed by atoms with Crippen molar-refractivity contribution < 1.29 is 4.79 Å². The maximum absolute atomic E-state index is 14.1. The molecule has 0 radical (unpaired) electrons. The molecule has 0 saturated heterocycles. The van der Waals surface area contributed by atoms with E-state index in [1.54, 1.807) is 11.8 Å². The van der Waals surface area contributed by atoms with Gasteiger partial charge in [-0.25, -0.2) is 0 Å². The molecule has 2 aliphatic heterocycles. The Morgan fingerprint density at radius 2 is 1.69 bits per heavy atom. The van der Waals surface area contributed by atoms with Crippen molar-refractivity contribution in [3.05, 3.63) is 74.1 Å². The van der Waals surface area contributed by atoms with Gasteiger partial charge in [-0.3, -0.25) is 14.2 Å². The second-order valence-corrected chi connectivity index (χ2v) is 11.4. The lowest BCUT2D eigenvalue weighted by molar-refractivity contribution is -0.112. The summed E-state index contributed by atoms with van der Waals surface area (Å²) < 4.78 is 3.39. The van der Waals surface area contributed by atoms with Crippen molar-refractivity contribution in [2.24, 2.45) is 5.10 Å². The number of benzene rings is 2. The standard InChI is InChI=1S/C28H28N4O2S2/c1-3-30-21-16-10-11-17-22(21)35-28(30)24-26(34)31(19-12-6-4-7-13-19)27(36-24)23-18(2)29-32(25(23)33)20-14-8-5-9-15-20/h5,8-11,14-17,19H,3-4,6-7,12-13H2,1-2H3/b27-23+,28-24-. The topological polar surface area (TPSA) is 57.9 Å². The van der Waals surface area contributed by atoms with Crippen molar-refractivity contribution in [1.29, 1.82) is 0 Å². The second-order valence-electron chi connectivity index (χ2n) is 9.34. The van der Waals surface area contributed by atoms with Crippen LogP contribution in [0, 0.1) is 0 Å². The summed E-state index contributed by atoms with van der Waals surface area (Å²) in [5, 5.41) is 7.04. The maximum atomic E-state index is 14.1. The van der Waals surface area contributed by atoms with Crippen molar-refractivity contribution in [2.45, 2.75) is 56.9 Å². The number of aromatic nitrogens is 1. The summed E-state index contributed by atoms with van der Waals surface area (Å²) >= 11 is 3.11. The molecule has 8 heteroatoms.